The first-order chi connectivity index (χ1) is 5.16. The molecular formula is C8H8ClNO. The Morgan fingerprint density at radius 2 is 2.18 bits per heavy atom. The van der Waals surface area contributed by atoms with Gasteiger partial charge in [0.1, 0.15) is 0 Å². The highest BCUT2D eigenvalue weighted by Crippen LogP contribution is 2.24. The molecule has 0 atom stereocenters. The maximum absolute atomic E-state index is 10.5. The second kappa shape index (κ2) is 2.93. The van der Waals surface area contributed by atoms with Crippen LogP contribution in [0.4, 0.5) is 5.69 Å². The molecule has 0 unspecified atom stereocenters. The first-order valence-electron chi connectivity index (χ1n) is 3.16. The van der Waals surface area contributed by atoms with Gasteiger partial charge in [0.2, 0.25) is 0 Å². The van der Waals surface area contributed by atoms with Crippen molar-refractivity contribution in [1.82, 2.24) is 0 Å². The number of carbonyl (C=O) groups excluding carboxylic acids is 1. The SMILES string of the molecule is Cc1ccc(N)c(Cl)c1C=O. The largest absolute Gasteiger partial charge is 0.398 e. The smallest absolute Gasteiger partial charge is 0.151 e. The molecule has 0 bridgehead atoms. The summed E-state index contributed by atoms with van der Waals surface area (Å²) in [5, 5.41) is 0.347. The zero-order valence-electron chi connectivity index (χ0n) is 6.10. The third-order valence-electron chi connectivity index (χ3n) is 1.55. The standard InChI is InChI=1S/C8H8ClNO/c1-5-2-3-7(10)8(9)6(5)4-11/h2-4H,10H2,1H3. The minimum Gasteiger partial charge on any atom is -0.398 e. The summed E-state index contributed by atoms with van der Waals surface area (Å²) in [5.41, 5.74) is 7.24. The molecule has 0 heterocycles. The zero-order valence-corrected chi connectivity index (χ0v) is 6.85. The number of hydrogen-bond donors (Lipinski definition) is 1. The van der Waals surface area contributed by atoms with Crippen molar-refractivity contribution < 1.29 is 4.79 Å². The molecule has 0 aliphatic rings. The van der Waals surface area contributed by atoms with Crippen molar-refractivity contribution in [1.29, 1.82) is 0 Å². The van der Waals surface area contributed by atoms with Gasteiger partial charge in [-0.2, -0.15) is 0 Å². The summed E-state index contributed by atoms with van der Waals surface area (Å²) < 4.78 is 0. The number of aldehydes is 1. The molecule has 1 aromatic carbocycles. The maximum Gasteiger partial charge on any atom is 0.151 e. The molecule has 0 saturated carbocycles. The fraction of sp³-hybridized carbons (Fsp3) is 0.125. The van der Waals surface area contributed by atoms with E-state index >= 15 is 0 Å². The molecule has 2 N–H and O–H groups in total. The highest BCUT2D eigenvalue weighted by atomic mass is 35.5. The summed E-state index contributed by atoms with van der Waals surface area (Å²) in [5.74, 6) is 0. The number of nitrogens with two attached hydrogens (primary N) is 1. The minimum absolute atomic E-state index is 0.347. The highest BCUT2D eigenvalue weighted by molar-refractivity contribution is 6.35. The van der Waals surface area contributed by atoms with Crippen LogP contribution in [-0.2, 0) is 0 Å². The van der Waals surface area contributed by atoms with Crippen LogP contribution in [0, 0.1) is 6.92 Å². The molecule has 0 aromatic heterocycles. The van der Waals surface area contributed by atoms with Gasteiger partial charge in [-0.1, -0.05) is 17.7 Å². The summed E-state index contributed by atoms with van der Waals surface area (Å²) in [7, 11) is 0. The second-order valence-corrected chi connectivity index (χ2v) is 2.70. The summed E-state index contributed by atoms with van der Waals surface area (Å²) in [4.78, 5) is 10.5. The maximum atomic E-state index is 10.5. The Morgan fingerprint density at radius 3 is 2.64 bits per heavy atom. The lowest BCUT2D eigenvalue weighted by Crippen LogP contribution is -1.93. The summed E-state index contributed by atoms with van der Waals surface area (Å²) in [6.45, 7) is 1.81. The van der Waals surface area contributed by atoms with Crippen LogP contribution in [0.25, 0.3) is 0 Å². The predicted octanol–water partition coefficient (Wildman–Crippen LogP) is 2.04. The van der Waals surface area contributed by atoms with Crippen molar-refractivity contribution in [3.05, 3.63) is 28.3 Å². The van der Waals surface area contributed by atoms with E-state index < -0.39 is 0 Å². The molecule has 58 valence electrons. The molecule has 0 amide bonds. The molecule has 2 nitrogen and oxygen atoms in total. The van der Waals surface area contributed by atoms with E-state index in [-0.39, 0.29) is 0 Å². The van der Waals surface area contributed by atoms with E-state index in [1.54, 1.807) is 12.1 Å². The van der Waals surface area contributed by atoms with Gasteiger partial charge in [-0.25, -0.2) is 0 Å². The van der Waals surface area contributed by atoms with Crippen molar-refractivity contribution >= 4 is 23.6 Å². The van der Waals surface area contributed by atoms with E-state index in [2.05, 4.69) is 0 Å². The Bertz CT molecular complexity index is 296. The molecule has 0 radical (unpaired) electrons. The van der Waals surface area contributed by atoms with E-state index in [0.717, 1.165) is 5.56 Å². The van der Waals surface area contributed by atoms with Gasteiger partial charge in [0.15, 0.2) is 6.29 Å². The lowest BCUT2D eigenvalue weighted by atomic mass is 10.1. The van der Waals surface area contributed by atoms with Gasteiger partial charge >= 0.3 is 0 Å². The summed E-state index contributed by atoms with van der Waals surface area (Å²) in [6.07, 6.45) is 0.716. The van der Waals surface area contributed by atoms with Crippen LogP contribution in [-0.4, -0.2) is 6.29 Å². The van der Waals surface area contributed by atoms with Crippen LogP contribution in [0.1, 0.15) is 15.9 Å². The number of anilines is 1. The number of hydrogen-bond acceptors (Lipinski definition) is 2. The van der Waals surface area contributed by atoms with Crippen molar-refractivity contribution in [2.24, 2.45) is 0 Å². The normalized spacial score (nSPS) is 9.64. The van der Waals surface area contributed by atoms with Gasteiger partial charge < -0.3 is 5.73 Å². The van der Waals surface area contributed by atoms with Gasteiger partial charge in [-0.3, -0.25) is 4.79 Å². The lowest BCUT2D eigenvalue weighted by Gasteiger charge is -2.02. The number of nitrogen functional groups attached to an aromatic ring is 1. The second-order valence-electron chi connectivity index (χ2n) is 2.32. The van der Waals surface area contributed by atoms with Gasteiger partial charge in [0, 0.05) is 5.56 Å². The van der Waals surface area contributed by atoms with Crippen LogP contribution >= 0.6 is 11.6 Å². The molecule has 11 heavy (non-hydrogen) atoms. The Labute approximate surface area is 70.0 Å². The number of carbonyl (C=O) groups is 1. The molecule has 1 aromatic rings. The predicted molar refractivity (Wildman–Crippen MR) is 46.0 cm³/mol. The molecule has 0 aliphatic carbocycles. The molecule has 0 fully saturated rings. The third kappa shape index (κ3) is 1.35. The van der Waals surface area contributed by atoms with E-state index in [1.165, 1.54) is 0 Å². The summed E-state index contributed by atoms with van der Waals surface area (Å²) in [6, 6.07) is 3.45. The van der Waals surface area contributed by atoms with Gasteiger partial charge in [-0.15, -0.1) is 0 Å². The van der Waals surface area contributed by atoms with E-state index in [4.69, 9.17) is 17.3 Å². The number of rotatable bonds is 1. The molecular weight excluding hydrogens is 162 g/mol. The van der Waals surface area contributed by atoms with Gasteiger partial charge in [-0.05, 0) is 18.6 Å². The first-order valence-corrected chi connectivity index (χ1v) is 3.54. The van der Waals surface area contributed by atoms with E-state index in [1.807, 2.05) is 6.92 Å². The third-order valence-corrected chi connectivity index (χ3v) is 1.97. The topological polar surface area (TPSA) is 43.1 Å². The monoisotopic (exact) mass is 169 g/mol. The van der Waals surface area contributed by atoms with Crippen LogP contribution in [0.2, 0.25) is 5.02 Å². The molecule has 0 aliphatic heterocycles. The van der Waals surface area contributed by atoms with Crippen LogP contribution in [0.15, 0.2) is 12.1 Å². The highest BCUT2D eigenvalue weighted by Gasteiger charge is 2.04. The number of halogens is 1. The zero-order chi connectivity index (χ0) is 8.43. The van der Waals surface area contributed by atoms with Gasteiger partial charge in [0.05, 0.1) is 10.7 Å². The number of aryl methyl sites for hydroxylation is 1. The molecule has 1 rings (SSSR count). The minimum atomic E-state index is 0.347. The van der Waals surface area contributed by atoms with Crippen LogP contribution in [0.5, 0.6) is 0 Å². The average molecular weight is 170 g/mol. The Hall–Kier alpha value is -1.02. The average Bonchev–Trinajstić information content (AvgIpc) is 1.99. The quantitative estimate of drug-likeness (QED) is 0.517. The van der Waals surface area contributed by atoms with E-state index in [9.17, 15) is 4.79 Å². The summed E-state index contributed by atoms with van der Waals surface area (Å²) >= 11 is 5.74. The first kappa shape index (κ1) is 8.08. The molecule has 0 saturated heterocycles. The molecule has 0 spiro atoms. The number of benzene rings is 1. The van der Waals surface area contributed by atoms with Crippen molar-refractivity contribution in [2.45, 2.75) is 6.92 Å². The Balaban J connectivity index is 3.40. The van der Waals surface area contributed by atoms with Crippen LogP contribution < -0.4 is 5.73 Å². The van der Waals surface area contributed by atoms with Crippen molar-refractivity contribution in [3.8, 4) is 0 Å². The molecule has 3 heteroatoms. The van der Waals surface area contributed by atoms with Crippen molar-refractivity contribution in [3.63, 3.8) is 0 Å². The van der Waals surface area contributed by atoms with Gasteiger partial charge in [0.25, 0.3) is 0 Å². The fourth-order valence-corrected chi connectivity index (χ4v) is 1.11. The van der Waals surface area contributed by atoms with Crippen molar-refractivity contribution in [2.75, 3.05) is 5.73 Å². The fourth-order valence-electron chi connectivity index (χ4n) is 0.851. The van der Waals surface area contributed by atoms with E-state index in [0.29, 0.717) is 22.6 Å². The Morgan fingerprint density at radius 1 is 1.55 bits per heavy atom. The lowest BCUT2D eigenvalue weighted by molar-refractivity contribution is 0.112. The van der Waals surface area contributed by atoms with Crippen LogP contribution in [0.3, 0.4) is 0 Å². The Kier molecular flexibility index (Phi) is 2.15.